The van der Waals surface area contributed by atoms with Crippen LogP contribution in [0, 0.1) is 10.1 Å². The number of amides is 1. The van der Waals surface area contributed by atoms with E-state index in [4.69, 9.17) is 21.7 Å². The van der Waals surface area contributed by atoms with Gasteiger partial charge in [0, 0.05) is 17.0 Å². The van der Waals surface area contributed by atoms with Crippen LogP contribution in [0.5, 0.6) is 5.75 Å². The molecule has 0 unspecified atom stereocenters. The van der Waals surface area contributed by atoms with Gasteiger partial charge in [0.2, 0.25) is 0 Å². The van der Waals surface area contributed by atoms with Gasteiger partial charge in [-0.1, -0.05) is 0 Å². The fourth-order valence-corrected chi connectivity index (χ4v) is 4.75. The minimum Gasteiger partial charge on any atom is -0.484 e. The van der Waals surface area contributed by atoms with E-state index in [1.807, 2.05) is 0 Å². The number of fused-ring (bicyclic) bond motifs is 1. The molecule has 9 nitrogen and oxygen atoms in total. The zero-order valence-corrected chi connectivity index (χ0v) is 18.4. The first-order valence-corrected chi connectivity index (χ1v) is 10.9. The molecule has 0 atom stereocenters. The Labute approximate surface area is 187 Å². The number of nitrogens with zero attached hydrogens (tertiary/aromatic N) is 1. The first-order valence-electron chi connectivity index (χ1n) is 9.68. The SMILES string of the molecule is CCOC(=O)c1c(NC(=S)NC(=O)COc2ccc([N+](=O)[O-])cc2)sc2c1CCCC2. The number of carbonyl (C=O) groups is 2. The average molecular weight is 464 g/mol. The summed E-state index contributed by atoms with van der Waals surface area (Å²) in [5.74, 6) is -0.593. The number of thiocarbonyl (C=S) groups is 1. The molecular formula is C20H21N3O6S2. The molecule has 0 aliphatic heterocycles. The predicted molar refractivity (Wildman–Crippen MR) is 120 cm³/mol. The van der Waals surface area contributed by atoms with Crippen molar-refractivity contribution in [1.29, 1.82) is 0 Å². The van der Waals surface area contributed by atoms with Crippen molar-refractivity contribution in [3.8, 4) is 5.75 Å². The van der Waals surface area contributed by atoms with Crippen molar-refractivity contribution in [2.45, 2.75) is 32.6 Å². The normalized spacial score (nSPS) is 12.4. The molecule has 1 amide bonds. The second kappa shape index (κ2) is 10.3. The molecule has 0 saturated carbocycles. The smallest absolute Gasteiger partial charge is 0.341 e. The maximum atomic E-state index is 12.5. The lowest BCUT2D eigenvalue weighted by molar-refractivity contribution is -0.384. The number of anilines is 1. The van der Waals surface area contributed by atoms with E-state index in [2.05, 4.69) is 10.6 Å². The molecule has 164 valence electrons. The van der Waals surface area contributed by atoms with E-state index >= 15 is 0 Å². The molecule has 2 aromatic rings. The molecule has 11 heteroatoms. The third kappa shape index (κ3) is 5.76. The van der Waals surface area contributed by atoms with Crippen LogP contribution in [0.3, 0.4) is 0 Å². The molecule has 1 heterocycles. The van der Waals surface area contributed by atoms with E-state index in [1.54, 1.807) is 6.92 Å². The molecule has 1 aliphatic carbocycles. The molecule has 1 aromatic carbocycles. The highest BCUT2D eigenvalue weighted by atomic mass is 32.1. The summed E-state index contributed by atoms with van der Waals surface area (Å²) in [6, 6.07) is 5.39. The van der Waals surface area contributed by atoms with E-state index in [1.165, 1.54) is 35.6 Å². The molecule has 3 rings (SSSR count). The summed E-state index contributed by atoms with van der Waals surface area (Å²) in [7, 11) is 0. The van der Waals surface area contributed by atoms with Gasteiger partial charge in [-0.2, -0.15) is 0 Å². The molecule has 2 N–H and O–H groups in total. The molecule has 31 heavy (non-hydrogen) atoms. The van der Waals surface area contributed by atoms with Crippen molar-refractivity contribution in [1.82, 2.24) is 5.32 Å². The van der Waals surface area contributed by atoms with Crippen LogP contribution in [0.15, 0.2) is 24.3 Å². The lowest BCUT2D eigenvalue weighted by atomic mass is 9.95. The molecule has 1 aromatic heterocycles. The number of rotatable bonds is 7. The highest BCUT2D eigenvalue weighted by Gasteiger charge is 2.27. The van der Waals surface area contributed by atoms with Crippen LogP contribution in [-0.4, -0.2) is 35.1 Å². The zero-order valence-electron chi connectivity index (χ0n) is 16.8. The number of nitro benzene ring substituents is 1. The van der Waals surface area contributed by atoms with Crippen molar-refractivity contribution in [2.24, 2.45) is 0 Å². The minimum absolute atomic E-state index is 0.0430. The maximum Gasteiger partial charge on any atom is 0.341 e. The molecule has 0 spiro atoms. The zero-order chi connectivity index (χ0) is 22.4. The quantitative estimate of drug-likeness (QED) is 0.277. The first kappa shape index (κ1) is 22.6. The number of aryl methyl sites for hydroxylation is 1. The van der Waals surface area contributed by atoms with Crippen LogP contribution in [0.25, 0.3) is 0 Å². The lowest BCUT2D eigenvalue weighted by Crippen LogP contribution is -2.37. The Balaban J connectivity index is 1.60. The van der Waals surface area contributed by atoms with E-state index in [0.717, 1.165) is 36.1 Å². The van der Waals surface area contributed by atoms with Gasteiger partial charge < -0.3 is 14.8 Å². The van der Waals surface area contributed by atoms with Gasteiger partial charge in [0.25, 0.3) is 11.6 Å². The minimum atomic E-state index is -0.520. The van der Waals surface area contributed by atoms with Gasteiger partial charge in [-0.25, -0.2) is 4.79 Å². The van der Waals surface area contributed by atoms with Crippen LogP contribution < -0.4 is 15.4 Å². The van der Waals surface area contributed by atoms with Gasteiger partial charge in [0.1, 0.15) is 10.8 Å². The number of non-ortho nitro benzene ring substituents is 1. The van der Waals surface area contributed by atoms with Gasteiger partial charge in [-0.3, -0.25) is 20.2 Å². The van der Waals surface area contributed by atoms with Crippen molar-refractivity contribution in [2.75, 3.05) is 18.5 Å². The summed E-state index contributed by atoms with van der Waals surface area (Å²) in [6.45, 7) is 1.69. The van der Waals surface area contributed by atoms with Gasteiger partial charge in [0.05, 0.1) is 17.1 Å². The van der Waals surface area contributed by atoms with Crippen LogP contribution in [-0.2, 0) is 22.4 Å². The van der Waals surface area contributed by atoms with Crippen molar-refractivity contribution >= 4 is 51.2 Å². The number of nitro groups is 1. The molecule has 0 radical (unpaired) electrons. The molecule has 1 aliphatic rings. The van der Waals surface area contributed by atoms with Gasteiger partial charge in [-0.15, -0.1) is 11.3 Å². The number of thiophene rings is 1. The monoisotopic (exact) mass is 463 g/mol. The number of carbonyl (C=O) groups excluding carboxylic acids is 2. The summed E-state index contributed by atoms with van der Waals surface area (Å²) in [5, 5.41) is 16.7. The Morgan fingerprint density at radius 1 is 1.23 bits per heavy atom. The number of hydrogen-bond donors (Lipinski definition) is 2. The van der Waals surface area contributed by atoms with Crippen molar-refractivity contribution < 1.29 is 24.0 Å². The Morgan fingerprint density at radius 3 is 2.61 bits per heavy atom. The summed E-state index contributed by atoms with van der Waals surface area (Å²) in [5.41, 5.74) is 1.41. The number of nitrogens with one attached hydrogen (secondary N) is 2. The number of benzene rings is 1. The molecule has 0 saturated heterocycles. The standard InChI is InChI=1S/C20H21N3O6S2/c1-2-28-19(25)17-14-5-3-4-6-15(14)31-18(17)22-20(30)21-16(24)11-29-13-9-7-12(8-10-13)23(26)27/h7-10H,2-6,11H2,1H3,(H2,21,22,24,30). The highest BCUT2D eigenvalue weighted by Crippen LogP contribution is 2.38. The second-order valence-electron chi connectivity index (χ2n) is 6.68. The lowest BCUT2D eigenvalue weighted by Gasteiger charge is -2.13. The Morgan fingerprint density at radius 2 is 1.94 bits per heavy atom. The summed E-state index contributed by atoms with van der Waals surface area (Å²) >= 11 is 6.67. The number of esters is 1. The number of ether oxygens (including phenoxy) is 2. The Kier molecular flexibility index (Phi) is 7.53. The third-order valence-corrected chi connectivity index (χ3v) is 5.96. The maximum absolute atomic E-state index is 12.5. The third-order valence-electron chi connectivity index (χ3n) is 4.55. The van der Waals surface area contributed by atoms with E-state index in [0.29, 0.717) is 16.3 Å². The largest absolute Gasteiger partial charge is 0.484 e. The average Bonchev–Trinajstić information content (AvgIpc) is 3.10. The summed E-state index contributed by atoms with van der Waals surface area (Å²) < 4.78 is 10.5. The van der Waals surface area contributed by atoms with Crippen molar-refractivity contribution in [3.05, 3.63) is 50.4 Å². The molecular weight excluding hydrogens is 442 g/mol. The first-order chi connectivity index (χ1) is 14.9. The van der Waals surface area contributed by atoms with Gasteiger partial charge >= 0.3 is 5.97 Å². The molecule has 0 bridgehead atoms. The molecule has 0 fully saturated rings. The Bertz CT molecular complexity index is 1000. The fraction of sp³-hybridized carbons (Fsp3) is 0.350. The fourth-order valence-electron chi connectivity index (χ4n) is 3.18. The van der Waals surface area contributed by atoms with Crippen LogP contribution in [0.2, 0.25) is 0 Å². The predicted octanol–water partition coefficient (Wildman–Crippen LogP) is 3.60. The Hall–Kier alpha value is -3.05. The topological polar surface area (TPSA) is 120 Å². The van der Waals surface area contributed by atoms with E-state index in [-0.39, 0.29) is 24.0 Å². The van der Waals surface area contributed by atoms with E-state index in [9.17, 15) is 19.7 Å². The van der Waals surface area contributed by atoms with Crippen LogP contribution >= 0.6 is 23.6 Å². The van der Waals surface area contributed by atoms with Crippen LogP contribution in [0.1, 0.15) is 40.6 Å². The summed E-state index contributed by atoms with van der Waals surface area (Å²) in [4.78, 5) is 35.9. The number of hydrogen-bond acceptors (Lipinski definition) is 8. The van der Waals surface area contributed by atoms with Crippen LogP contribution in [0.4, 0.5) is 10.7 Å². The van der Waals surface area contributed by atoms with E-state index < -0.39 is 16.8 Å². The second-order valence-corrected chi connectivity index (χ2v) is 8.19. The van der Waals surface area contributed by atoms with Gasteiger partial charge in [-0.05, 0) is 62.5 Å². The van der Waals surface area contributed by atoms with Gasteiger partial charge in [0.15, 0.2) is 11.7 Å². The summed E-state index contributed by atoms with van der Waals surface area (Å²) in [6.07, 6.45) is 3.78. The highest BCUT2D eigenvalue weighted by molar-refractivity contribution is 7.80. The van der Waals surface area contributed by atoms with Crippen molar-refractivity contribution in [3.63, 3.8) is 0 Å².